The molecule has 0 heterocycles. The van der Waals surface area contributed by atoms with Crippen molar-refractivity contribution in [1.82, 2.24) is 0 Å². The maximum absolute atomic E-state index is 10.3. The lowest BCUT2D eigenvalue weighted by Crippen LogP contribution is -2.27. The molecule has 0 fully saturated rings. The van der Waals surface area contributed by atoms with Gasteiger partial charge in [-0.15, -0.1) is 0 Å². The Morgan fingerprint density at radius 1 is 1.35 bits per heavy atom. The fraction of sp³-hybridized carbons (Fsp3) is 0.455. The van der Waals surface area contributed by atoms with E-state index in [1.54, 1.807) is 0 Å². The summed E-state index contributed by atoms with van der Waals surface area (Å²) < 4.78 is 14.7. The highest BCUT2D eigenvalue weighted by Gasteiger charge is 2.12. The molecule has 4 N–H and O–H groups in total. The second kappa shape index (κ2) is 7.58. The lowest BCUT2D eigenvalue weighted by molar-refractivity contribution is -0.0289. The van der Waals surface area contributed by atoms with Crippen molar-refractivity contribution < 1.29 is 19.1 Å². The van der Waals surface area contributed by atoms with Crippen LogP contribution in [0, 0.1) is 0 Å². The van der Waals surface area contributed by atoms with Gasteiger partial charge in [-0.25, -0.2) is 0 Å². The first-order valence-corrected chi connectivity index (χ1v) is 6.71. The highest BCUT2D eigenvalue weighted by molar-refractivity contribution is 7.32. The zero-order valence-corrected chi connectivity index (χ0v) is 10.5. The Morgan fingerprint density at radius 2 is 2.00 bits per heavy atom. The summed E-state index contributed by atoms with van der Waals surface area (Å²) in [4.78, 5) is 8.47. The van der Waals surface area contributed by atoms with Gasteiger partial charge in [0, 0.05) is 12.5 Å². The van der Waals surface area contributed by atoms with Crippen LogP contribution in [0.1, 0.15) is 18.4 Å². The quantitative estimate of drug-likeness (QED) is 0.503. The van der Waals surface area contributed by atoms with Crippen molar-refractivity contribution in [3.05, 3.63) is 35.9 Å². The van der Waals surface area contributed by atoms with E-state index in [2.05, 4.69) is 4.52 Å². The maximum Gasteiger partial charge on any atom is 0.318 e. The van der Waals surface area contributed by atoms with E-state index in [1.165, 1.54) is 5.56 Å². The molecule has 1 aromatic carbocycles. The molecule has 3 atom stereocenters. The van der Waals surface area contributed by atoms with Crippen LogP contribution in [0.2, 0.25) is 0 Å². The number of benzene rings is 1. The zero-order chi connectivity index (χ0) is 12.7. The molecule has 0 bridgehead atoms. The monoisotopic (exact) mass is 259 g/mol. The molecule has 17 heavy (non-hydrogen) atoms. The third-order valence-corrected chi connectivity index (χ3v) is 2.86. The van der Waals surface area contributed by atoms with Gasteiger partial charge in [0.25, 0.3) is 0 Å². The Hall–Kier alpha value is -0.710. The molecule has 0 aliphatic carbocycles. The van der Waals surface area contributed by atoms with Gasteiger partial charge in [0.15, 0.2) is 6.29 Å². The molecule has 1 aromatic rings. The highest BCUT2D eigenvalue weighted by atomic mass is 31.1. The van der Waals surface area contributed by atoms with Crippen molar-refractivity contribution in [1.29, 1.82) is 0 Å². The molecule has 0 spiro atoms. The number of aliphatic hydroxyl groups is 1. The Bertz CT molecular complexity index is 347. The third kappa shape index (κ3) is 6.56. The first-order valence-electron chi connectivity index (χ1n) is 5.45. The van der Waals surface area contributed by atoms with Gasteiger partial charge >= 0.3 is 8.25 Å². The largest absolute Gasteiger partial charge is 0.367 e. The average Bonchev–Trinajstić information content (AvgIpc) is 2.26. The Morgan fingerprint density at radius 3 is 2.59 bits per heavy atom. The van der Waals surface area contributed by atoms with Crippen molar-refractivity contribution in [2.75, 3.05) is 0 Å². The van der Waals surface area contributed by atoms with Crippen molar-refractivity contribution in [3.8, 4) is 0 Å². The molecule has 2 unspecified atom stereocenters. The zero-order valence-electron chi connectivity index (χ0n) is 9.45. The molecule has 0 amide bonds. The molecule has 5 nitrogen and oxygen atoms in total. The molecule has 96 valence electrons. The standard InChI is InChI=1S/C11H18NO4P/c12-10(8-11(13)16-17(14)15)7-6-9-4-2-1-3-5-9/h1-5,10-11,13,17H,6-8,12H2,(H,14,15)/t10-,11?/m1/s1. The predicted molar refractivity (Wildman–Crippen MR) is 65.7 cm³/mol. The molecule has 0 saturated heterocycles. The Balaban J connectivity index is 2.25. The van der Waals surface area contributed by atoms with Crippen LogP contribution in [0.4, 0.5) is 0 Å². The number of hydrogen-bond donors (Lipinski definition) is 3. The number of aryl methyl sites for hydroxylation is 1. The third-order valence-electron chi connectivity index (χ3n) is 2.39. The number of nitrogens with two attached hydrogens (primary N) is 1. The van der Waals surface area contributed by atoms with Crippen LogP contribution in [0.5, 0.6) is 0 Å². The Kier molecular flexibility index (Phi) is 6.40. The van der Waals surface area contributed by atoms with E-state index in [-0.39, 0.29) is 12.5 Å². The molecule has 0 radical (unpaired) electrons. The molecule has 0 aliphatic heterocycles. The smallest absolute Gasteiger partial charge is 0.318 e. The summed E-state index contributed by atoms with van der Waals surface area (Å²) in [6, 6.07) is 9.61. The summed E-state index contributed by atoms with van der Waals surface area (Å²) in [6.45, 7) is 0. The summed E-state index contributed by atoms with van der Waals surface area (Å²) >= 11 is 0. The number of hydrogen-bond acceptors (Lipinski definition) is 4. The first-order chi connectivity index (χ1) is 8.08. The van der Waals surface area contributed by atoms with E-state index in [4.69, 9.17) is 10.6 Å². The minimum atomic E-state index is -3.10. The van der Waals surface area contributed by atoms with Crippen LogP contribution in [-0.2, 0) is 15.5 Å². The molecule has 0 aromatic heterocycles. The topological polar surface area (TPSA) is 92.8 Å². The lowest BCUT2D eigenvalue weighted by Gasteiger charge is -2.15. The summed E-state index contributed by atoms with van der Waals surface area (Å²) in [6.07, 6.45) is 0.390. The Labute approximate surface area is 101 Å². The lowest BCUT2D eigenvalue weighted by atomic mass is 10.0. The fourth-order valence-corrected chi connectivity index (χ4v) is 1.87. The minimum Gasteiger partial charge on any atom is -0.367 e. The van der Waals surface area contributed by atoms with Gasteiger partial charge in [0.2, 0.25) is 0 Å². The van der Waals surface area contributed by atoms with E-state index in [0.29, 0.717) is 6.42 Å². The predicted octanol–water partition coefficient (Wildman–Crippen LogP) is 1.05. The first kappa shape index (κ1) is 14.4. The summed E-state index contributed by atoms with van der Waals surface area (Å²) in [5, 5.41) is 9.25. The van der Waals surface area contributed by atoms with Crippen molar-refractivity contribution in [2.45, 2.75) is 31.6 Å². The number of rotatable bonds is 7. The molecular formula is C11H18NO4P. The van der Waals surface area contributed by atoms with Crippen LogP contribution in [0.3, 0.4) is 0 Å². The highest BCUT2D eigenvalue weighted by Crippen LogP contribution is 2.19. The average molecular weight is 259 g/mol. The molecule has 1 rings (SSSR count). The maximum atomic E-state index is 10.3. The van der Waals surface area contributed by atoms with E-state index >= 15 is 0 Å². The fourth-order valence-electron chi connectivity index (χ4n) is 1.54. The van der Waals surface area contributed by atoms with Gasteiger partial charge in [-0.2, -0.15) is 0 Å². The van der Waals surface area contributed by atoms with Gasteiger partial charge in [0.05, 0.1) is 0 Å². The summed E-state index contributed by atoms with van der Waals surface area (Å²) in [5.41, 5.74) is 6.96. The minimum absolute atomic E-state index is 0.157. The van der Waals surface area contributed by atoms with Crippen LogP contribution in [-0.4, -0.2) is 22.3 Å². The van der Waals surface area contributed by atoms with E-state index in [1.807, 2.05) is 30.3 Å². The van der Waals surface area contributed by atoms with Gasteiger partial charge in [-0.3, -0.25) is 9.09 Å². The SMILES string of the molecule is N[C@H](CCc1ccccc1)CC(O)O[PH](=O)O. The second-order valence-electron chi connectivity index (χ2n) is 3.86. The van der Waals surface area contributed by atoms with Gasteiger partial charge in [-0.1, -0.05) is 30.3 Å². The van der Waals surface area contributed by atoms with Crippen LogP contribution < -0.4 is 5.73 Å². The number of aliphatic hydroxyl groups excluding tert-OH is 1. The van der Waals surface area contributed by atoms with Gasteiger partial charge in [0.1, 0.15) is 0 Å². The van der Waals surface area contributed by atoms with Crippen molar-refractivity contribution >= 4 is 8.25 Å². The van der Waals surface area contributed by atoms with Crippen LogP contribution in [0.15, 0.2) is 30.3 Å². The van der Waals surface area contributed by atoms with Crippen molar-refractivity contribution in [2.24, 2.45) is 5.73 Å². The van der Waals surface area contributed by atoms with Crippen LogP contribution >= 0.6 is 8.25 Å². The normalized spacial score (nSPS) is 16.4. The molecular weight excluding hydrogens is 241 g/mol. The van der Waals surface area contributed by atoms with E-state index in [9.17, 15) is 9.67 Å². The van der Waals surface area contributed by atoms with E-state index in [0.717, 1.165) is 6.42 Å². The van der Waals surface area contributed by atoms with E-state index < -0.39 is 14.5 Å². The van der Waals surface area contributed by atoms with Crippen LogP contribution in [0.25, 0.3) is 0 Å². The summed E-state index contributed by atoms with van der Waals surface area (Å²) in [5.74, 6) is 0. The van der Waals surface area contributed by atoms with Crippen molar-refractivity contribution in [3.63, 3.8) is 0 Å². The van der Waals surface area contributed by atoms with Gasteiger partial charge in [-0.05, 0) is 18.4 Å². The molecule has 0 saturated carbocycles. The van der Waals surface area contributed by atoms with Gasteiger partial charge < -0.3 is 15.7 Å². The molecule has 6 heteroatoms. The summed E-state index contributed by atoms with van der Waals surface area (Å²) in [7, 11) is -3.10. The second-order valence-corrected chi connectivity index (χ2v) is 4.63. The molecule has 0 aliphatic rings.